The number of nitro benzene ring substituents is 1. The van der Waals surface area contributed by atoms with E-state index in [-0.39, 0.29) is 11.6 Å². The highest BCUT2D eigenvalue weighted by Gasteiger charge is 2.25. The van der Waals surface area contributed by atoms with Crippen LogP contribution in [0.5, 0.6) is 0 Å². The van der Waals surface area contributed by atoms with Gasteiger partial charge >= 0.3 is 0 Å². The maximum atomic E-state index is 13.4. The second-order valence-electron chi connectivity index (χ2n) is 9.00. The average molecular weight is 458 g/mol. The number of carbonyl (C=O) groups is 1. The van der Waals surface area contributed by atoms with E-state index in [9.17, 15) is 14.9 Å². The summed E-state index contributed by atoms with van der Waals surface area (Å²) in [5.41, 5.74) is 5.18. The summed E-state index contributed by atoms with van der Waals surface area (Å²) in [6, 6.07) is 21.1. The fourth-order valence-electron chi connectivity index (χ4n) is 4.80. The second kappa shape index (κ2) is 10.5. The Morgan fingerprint density at radius 1 is 1.06 bits per heavy atom. The molecule has 0 radical (unpaired) electrons. The molecule has 0 unspecified atom stereocenters. The second-order valence-corrected chi connectivity index (χ2v) is 9.00. The van der Waals surface area contributed by atoms with Crippen LogP contribution < -0.4 is 10.2 Å². The van der Waals surface area contributed by atoms with E-state index in [4.69, 9.17) is 0 Å². The number of para-hydroxylation sites is 1. The lowest BCUT2D eigenvalue weighted by atomic mass is 9.89. The molecule has 0 saturated carbocycles. The lowest BCUT2D eigenvalue weighted by molar-refractivity contribution is -0.384. The molecule has 4 rings (SSSR count). The molecule has 34 heavy (non-hydrogen) atoms. The molecule has 1 aliphatic heterocycles. The van der Waals surface area contributed by atoms with Gasteiger partial charge in [-0.1, -0.05) is 55.5 Å². The van der Waals surface area contributed by atoms with E-state index in [0.717, 1.165) is 61.3 Å². The first kappa shape index (κ1) is 23.5. The predicted molar refractivity (Wildman–Crippen MR) is 137 cm³/mol. The summed E-state index contributed by atoms with van der Waals surface area (Å²) >= 11 is 0. The summed E-state index contributed by atoms with van der Waals surface area (Å²) in [6.45, 7) is 5.64. The zero-order valence-electron chi connectivity index (χ0n) is 19.8. The third kappa shape index (κ3) is 5.28. The van der Waals surface area contributed by atoms with Crippen molar-refractivity contribution in [1.82, 2.24) is 0 Å². The first-order valence-electron chi connectivity index (χ1n) is 11.9. The zero-order chi connectivity index (χ0) is 24.1. The van der Waals surface area contributed by atoms with E-state index in [1.165, 1.54) is 17.7 Å². The summed E-state index contributed by atoms with van der Waals surface area (Å²) in [5.74, 6) is 0.280. The van der Waals surface area contributed by atoms with E-state index < -0.39 is 4.92 Å². The number of hydrogen-bond acceptors (Lipinski definition) is 4. The van der Waals surface area contributed by atoms with Crippen LogP contribution in [0.4, 0.5) is 17.1 Å². The maximum Gasteiger partial charge on any atom is 0.270 e. The van der Waals surface area contributed by atoms with Crippen molar-refractivity contribution in [3.8, 4) is 0 Å². The van der Waals surface area contributed by atoms with Gasteiger partial charge in [0.15, 0.2) is 0 Å². The first-order valence-corrected chi connectivity index (χ1v) is 11.9. The Labute approximate surface area is 200 Å². The van der Waals surface area contributed by atoms with Gasteiger partial charge in [0.1, 0.15) is 0 Å². The number of nitro groups is 1. The van der Waals surface area contributed by atoms with Gasteiger partial charge in [-0.2, -0.15) is 0 Å². The lowest BCUT2D eigenvalue weighted by Gasteiger charge is -2.34. The van der Waals surface area contributed by atoms with Gasteiger partial charge in [-0.15, -0.1) is 0 Å². The van der Waals surface area contributed by atoms with Gasteiger partial charge < -0.3 is 10.2 Å². The normalized spacial score (nSPS) is 14.1. The number of piperidine rings is 1. The Bertz CT molecular complexity index is 1170. The number of aryl methyl sites for hydroxylation is 2. The van der Waals surface area contributed by atoms with Crippen molar-refractivity contribution in [2.45, 2.75) is 39.5 Å². The molecule has 1 amide bonds. The van der Waals surface area contributed by atoms with Crippen LogP contribution >= 0.6 is 0 Å². The van der Waals surface area contributed by atoms with Crippen LogP contribution in [0.1, 0.15) is 46.8 Å². The van der Waals surface area contributed by atoms with Crippen molar-refractivity contribution in [2.75, 3.05) is 23.3 Å². The molecule has 6 nitrogen and oxygen atoms in total. The Balaban J connectivity index is 1.56. The lowest BCUT2D eigenvalue weighted by Crippen LogP contribution is -2.35. The quantitative estimate of drug-likeness (QED) is 0.340. The summed E-state index contributed by atoms with van der Waals surface area (Å²) in [4.78, 5) is 26.6. The summed E-state index contributed by atoms with van der Waals surface area (Å²) in [7, 11) is 0. The molecule has 1 fully saturated rings. The molecule has 1 N–H and O–H groups in total. The van der Waals surface area contributed by atoms with Crippen molar-refractivity contribution in [1.29, 1.82) is 0 Å². The number of carbonyl (C=O) groups excluding carboxylic acids is 1. The molecule has 1 aliphatic rings. The highest BCUT2D eigenvalue weighted by atomic mass is 16.6. The third-order valence-electron chi connectivity index (χ3n) is 6.74. The largest absolute Gasteiger partial charge is 0.371 e. The smallest absolute Gasteiger partial charge is 0.270 e. The molecule has 1 saturated heterocycles. The number of anilines is 2. The maximum absolute atomic E-state index is 13.4. The molecule has 176 valence electrons. The van der Waals surface area contributed by atoms with Crippen LogP contribution in [0.3, 0.4) is 0 Å². The number of non-ortho nitro benzene ring substituents is 1. The predicted octanol–water partition coefficient (Wildman–Crippen LogP) is 6.18. The SMILES string of the molecule is CCc1cccc(C)c1NC(=O)c1cc([N+](=O)[O-])ccc1N1CCC(Cc2ccccc2)CC1. The number of nitrogens with zero attached hydrogens (tertiary/aromatic N) is 2. The minimum Gasteiger partial charge on any atom is -0.371 e. The Kier molecular flexibility index (Phi) is 7.26. The zero-order valence-corrected chi connectivity index (χ0v) is 19.8. The van der Waals surface area contributed by atoms with Crippen molar-refractivity contribution >= 4 is 23.0 Å². The van der Waals surface area contributed by atoms with E-state index in [1.807, 2.05) is 38.1 Å². The van der Waals surface area contributed by atoms with E-state index >= 15 is 0 Å². The van der Waals surface area contributed by atoms with Gasteiger partial charge in [-0.05, 0) is 61.3 Å². The summed E-state index contributed by atoms with van der Waals surface area (Å²) in [6.07, 6.45) is 3.87. The molecule has 0 aromatic heterocycles. The molecule has 0 atom stereocenters. The van der Waals surface area contributed by atoms with Crippen LogP contribution in [0.25, 0.3) is 0 Å². The number of hydrogen-bond donors (Lipinski definition) is 1. The minimum absolute atomic E-state index is 0.0756. The minimum atomic E-state index is -0.447. The van der Waals surface area contributed by atoms with E-state index in [2.05, 4.69) is 34.5 Å². The fraction of sp³-hybridized carbons (Fsp3) is 0.321. The number of amides is 1. The van der Waals surface area contributed by atoms with Crippen molar-refractivity contribution in [3.63, 3.8) is 0 Å². The summed E-state index contributed by atoms with van der Waals surface area (Å²) in [5, 5.41) is 14.5. The Morgan fingerprint density at radius 3 is 2.47 bits per heavy atom. The molecule has 0 aliphatic carbocycles. The third-order valence-corrected chi connectivity index (χ3v) is 6.74. The topological polar surface area (TPSA) is 75.5 Å². The van der Waals surface area contributed by atoms with Gasteiger partial charge in [0.25, 0.3) is 11.6 Å². The molecule has 0 bridgehead atoms. The van der Waals surface area contributed by atoms with E-state index in [0.29, 0.717) is 11.5 Å². The van der Waals surface area contributed by atoms with Crippen LogP contribution in [-0.4, -0.2) is 23.9 Å². The van der Waals surface area contributed by atoms with Crippen molar-refractivity contribution in [3.05, 3.63) is 99.1 Å². The van der Waals surface area contributed by atoms with Gasteiger partial charge in [0, 0.05) is 30.9 Å². The Hall–Kier alpha value is -3.67. The van der Waals surface area contributed by atoms with Crippen LogP contribution in [-0.2, 0) is 12.8 Å². The highest BCUT2D eigenvalue weighted by molar-refractivity contribution is 6.09. The molecular weight excluding hydrogens is 426 g/mol. The average Bonchev–Trinajstić information content (AvgIpc) is 2.86. The van der Waals surface area contributed by atoms with Crippen LogP contribution in [0.15, 0.2) is 66.7 Å². The van der Waals surface area contributed by atoms with Gasteiger partial charge in [0.2, 0.25) is 0 Å². The highest BCUT2D eigenvalue weighted by Crippen LogP contribution is 2.32. The first-order chi connectivity index (χ1) is 16.5. The van der Waals surface area contributed by atoms with Crippen LogP contribution in [0.2, 0.25) is 0 Å². The molecule has 1 heterocycles. The molecule has 3 aromatic carbocycles. The van der Waals surface area contributed by atoms with Crippen molar-refractivity contribution < 1.29 is 9.72 Å². The Morgan fingerprint density at radius 2 is 1.79 bits per heavy atom. The monoisotopic (exact) mass is 457 g/mol. The van der Waals surface area contributed by atoms with Crippen molar-refractivity contribution in [2.24, 2.45) is 5.92 Å². The fourth-order valence-corrected chi connectivity index (χ4v) is 4.80. The standard InChI is InChI=1S/C28H31N3O3/c1-3-23-11-7-8-20(2)27(23)29-28(32)25-19-24(31(33)34)12-13-26(25)30-16-14-22(15-17-30)18-21-9-5-4-6-10-21/h4-13,19,22H,3,14-18H2,1-2H3,(H,29,32). The molecule has 3 aromatic rings. The molecule has 0 spiro atoms. The number of nitrogens with one attached hydrogen (secondary N) is 1. The van der Waals surface area contributed by atoms with Crippen LogP contribution in [0, 0.1) is 23.0 Å². The van der Waals surface area contributed by atoms with Gasteiger partial charge in [0.05, 0.1) is 16.2 Å². The molecular formula is C28H31N3O3. The van der Waals surface area contributed by atoms with E-state index in [1.54, 1.807) is 6.07 Å². The summed E-state index contributed by atoms with van der Waals surface area (Å²) < 4.78 is 0. The van der Waals surface area contributed by atoms with Gasteiger partial charge in [-0.25, -0.2) is 0 Å². The number of benzene rings is 3. The van der Waals surface area contributed by atoms with Gasteiger partial charge in [-0.3, -0.25) is 14.9 Å². The molecule has 6 heteroatoms. The number of rotatable bonds is 7.